The molecular weight excluding hydrogens is 266 g/mol. The maximum Gasteiger partial charge on any atom is 0.258 e. The highest BCUT2D eigenvalue weighted by atomic mass is 16.5. The van der Waals surface area contributed by atoms with Crippen LogP contribution >= 0.6 is 0 Å². The van der Waals surface area contributed by atoms with Gasteiger partial charge in [0.25, 0.3) is 5.91 Å². The summed E-state index contributed by atoms with van der Waals surface area (Å²) in [4.78, 5) is 12.0. The first-order valence-corrected chi connectivity index (χ1v) is 7.91. The van der Waals surface area contributed by atoms with Gasteiger partial charge in [0.15, 0.2) is 6.61 Å². The molecule has 1 amide bonds. The van der Waals surface area contributed by atoms with E-state index >= 15 is 0 Å². The molecule has 2 aliphatic carbocycles. The van der Waals surface area contributed by atoms with Crippen molar-refractivity contribution in [1.29, 1.82) is 0 Å². The van der Waals surface area contributed by atoms with Crippen LogP contribution in [-0.2, 0) is 4.79 Å². The summed E-state index contributed by atoms with van der Waals surface area (Å²) in [6.07, 6.45) is 5.06. The van der Waals surface area contributed by atoms with E-state index in [2.05, 4.69) is 5.32 Å². The summed E-state index contributed by atoms with van der Waals surface area (Å²) in [5.41, 5.74) is 0. The molecular formula is C17H23NO3. The topological polar surface area (TPSA) is 47.6 Å². The Hall–Kier alpha value is -1.71. The monoisotopic (exact) mass is 289 g/mol. The zero-order chi connectivity index (χ0) is 14.7. The number of hydrogen-bond donors (Lipinski definition) is 1. The predicted octanol–water partition coefficient (Wildman–Crippen LogP) is 2.77. The lowest BCUT2D eigenvalue weighted by molar-refractivity contribution is -0.124. The average Bonchev–Trinajstić information content (AvgIpc) is 3.38. The molecule has 1 aromatic carbocycles. The van der Waals surface area contributed by atoms with Crippen molar-refractivity contribution in [2.75, 3.05) is 13.2 Å². The van der Waals surface area contributed by atoms with Crippen LogP contribution in [0.4, 0.5) is 0 Å². The molecule has 2 aliphatic rings. The Balaban J connectivity index is 1.44. The van der Waals surface area contributed by atoms with Gasteiger partial charge in [0.2, 0.25) is 0 Å². The summed E-state index contributed by atoms with van der Waals surface area (Å²) in [6.45, 7) is 2.68. The van der Waals surface area contributed by atoms with Gasteiger partial charge in [-0.1, -0.05) is 0 Å². The zero-order valence-corrected chi connectivity index (χ0v) is 12.5. The van der Waals surface area contributed by atoms with Crippen LogP contribution in [0.5, 0.6) is 11.5 Å². The zero-order valence-electron chi connectivity index (χ0n) is 12.5. The van der Waals surface area contributed by atoms with Crippen molar-refractivity contribution < 1.29 is 14.3 Å². The van der Waals surface area contributed by atoms with Gasteiger partial charge in [-0.15, -0.1) is 0 Å². The van der Waals surface area contributed by atoms with Crippen LogP contribution in [-0.4, -0.2) is 25.2 Å². The summed E-state index contributed by atoms with van der Waals surface area (Å²) in [5, 5.41) is 3.15. The van der Waals surface area contributed by atoms with Crippen LogP contribution in [0.2, 0.25) is 0 Å². The summed E-state index contributed by atoms with van der Waals surface area (Å²) in [7, 11) is 0. The molecule has 0 unspecified atom stereocenters. The standard InChI is InChI=1S/C17H23NO3/c1-2-20-14-7-9-15(10-8-14)21-11-16(19)18-17(12-3-4-12)13-5-6-13/h7-10,12-13,17H,2-6,11H2,1H3,(H,18,19). The fraction of sp³-hybridized carbons (Fsp3) is 0.588. The third-order valence-electron chi connectivity index (χ3n) is 4.09. The second-order valence-corrected chi connectivity index (χ2v) is 5.96. The van der Waals surface area contributed by atoms with Gasteiger partial charge in [-0.3, -0.25) is 4.79 Å². The van der Waals surface area contributed by atoms with Gasteiger partial charge in [-0.05, 0) is 68.7 Å². The van der Waals surface area contributed by atoms with E-state index in [9.17, 15) is 4.79 Å². The van der Waals surface area contributed by atoms with Crippen LogP contribution < -0.4 is 14.8 Å². The number of carbonyl (C=O) groups excluding carboxylic acids is 1. The Morgan fingerprint density at radius 1 is 1.10 bits per heavy atom. The SMILES string of the molecule is CCOc1ccc(OCC(=O)NC(C2CC2)C2CC2)cc1. The maximum absolute atomic E-state index is 12.0. The van der Waals surface area contributed by atoms with E-state index in [1.165, 1.54) is 25.7 Å². The second kappa shape index (κ2) is 6.37. The molecule has 0 radical (unpaired) electrons. The van der Waals surface area contributed by atoms with Crippen LogP contribution in [0.25, 0.3) is 0 Å². The van der Waals surface area contributed by atoms with E-state index in [1.807, 2.05) is 31.2 Å². The maximum atomic E-state index is 12.0. The number of carbonyl (C=O) groups is 1. The Kier molecular flexibility index (Phi) is 4.32. The number of ether oxygens (including phenoxy) is 2. The number of amides is 1. The van der Waals surface area contributed by atoms with Crippen LogP contribution in [0.1, 0.15) is 32.6 Å². The Morgan fingerprint density at radius 3 is 2.10 bits per heavy atom. The largest absolute Gasteiger partial charge is 0.494 e. The van der Waals surface area contributed by atoms with Gasteiger partial charge in [0.05, 0.1) is 6.61 Å². The summed E-state index contributed by atoms with van der Waals surface area (Å²) >= 11 is 0. The number of hydrogen-bond acceptors (Lipinski definition) is 3. The predicted molar refractivity (Wildman–Crippen MR) is 80.5 cm³/mol. The molecule has 0 saturated heterocycles. The molecule has 2 saturated carbocycles. The lowest BCUT2D eigenvalue weighted by atomic mass is 10.1. The Labute approximate surface area is 125 Å². The van der Waals surface area contributed by atoms with E-state index in [-0.39, 0.29) is 12.5 Å². The molecule has 1 N–H and O–H groups in total. The third kappa shape index (κ3) is 4.13. The fourth-order valence-corrected chi connectivity index (χ4v) is 2.71. The fourth-order valence-electron chi connectivity index (χ4n) is 2.71. The molecule has 4 heteroatoms. The van der Waals surface area contributed by atoms with Gasteiger partial charge >= 0.3 is 0 Å². The van der Waals surface area contributed by atoms with Gasteiger partial charge in [0.1, 0.15) is 11.5 Å². The Bertz CT molecular complexity index is 465. The minimum Gasteiger partial charge on any atom is -0.494 e. The van der Waals surface area contributed by atoms with Gasteiger partial charge in [-0.25, -0.2) is 0 Å². The number of rotatable bonds is 8. The highest BCUT2D eigenvalue weighted by Crippen LogP contribution is 2.44. The van der Waals surface area contributed by atoms with Gasteiger partial charge in [-0.2, -0.15) is 0 Å². The molecule has 21 heavy (non-hydrogen) atoms. The van der Waals surface area contributed by atoms with E-state index in [4.69, 9.17) is 9.47 Å². The summed E-state index contributed by atoms with van der Waals surface area (Å²) in [5.74, 6) is 2.94. The molecule has 114 valence electrons. The van der Waals surface area contributed by atoms with Crippen molar-refractivity contribution >= 4 is 5.91 Å². The van der Waals surface area contributed by atoms with Crippen molar-refractivity contribution in [1.82, 2.24) is 5.32 Å². The second-order valence-electron chi connectivity index (χ2n) is 5.96. The molecule has 0 bridgehead atoms. The van der Waals surface area contributed by atoms with Crippen LogP contribution in [0.3, 0.4) is 0 Å². The first-order valence-electron chi connectivity index (χ1n) is 7.91. The van der Waals surface area contributed by atoms with E-state index in [1.54, 1.807) is 0 Å². The first-order chi connectivity index (χ1) is 10.3. The summed E-state index contributed by atoms with van der Waals surface area (Å²) in [6, 6.07) is 7.76. The van der Waals surface area contributed by atoms with E-state index < -0.39 is 0 Å². The quantitative estimate of drug-likeness (QED) is 0.800. The molecule has 1 aromatic rings. The van der Waals surface area contributed by atoms with Crippen molar-refractivity contribution in [3.8, 4) is 11.5 Å². The molecule has 2 fully saturated rings. The number of benzene rings is 1. The van der Waals surface area contributed by atoms with E-state index in [0.29, 0.717) is 30.2 Å². The first kappa shape index (κ1) is 14.2. The third-order valence-corrected chi connectivity index (χ3v) is 4.09. The molecule has 4 nitrogen and oxygen atoms in total. The van der Waals surface area contributed by atoms with Gasteiger partial charge in [0, 0.05) is 6.04 Å². The number of nitrogens with one attached hydrogen (secondary N) is 1. The van der Waals surface area contributed by atoms with Gasteiger partial charge < -0.3 is 14.8 Å². The van der Waals surface area contributed by atoms with Crippen molar-refractivity contribution in [3.05, 3.63) is 24.3 Å². The molecule has 0 aromatic heterocycles. The van der Waals surface area contributed by atoms with Crippen molar-refractivity contribution in [2.24, 2.45) is 11.8 Å². The van der Waals surface area contributed by atoms with Crippen molar-refractivity contribution in [3.63, 3.8) is 0 Å². The molecule has 0 atom stereocenters. The minimum atomic E-state index is -0.00677. The van der Waals surface area contributed by atoms with Crippen LogP contribution in [0, 0.1) is 11.8 Å². The smallest absolute Gasteiger partial charge is 0.258 e. The summed E-state index contributed by atoms with van der Waals surface area (Å²) < 4.78 is 10.9. The minimum absolute atomic E-state index is 0.00677. The lowest BCUT2D eigenvalue weighted by Crippen LogP contribution is -2.40. The average molecular weight is 289 g/mol. The molecule has 0 spiro atoms. The lowest BCUT2D eigenvalue weighted by Gasteiger charge is -2.17. The Morgan fingerprint density at radius 2 is 1.62 bits per heavy atom. The van der Waals surface area contributed by atoms with Crippen molar-refractivity contribution in [2.45, 2.75) is 38.6 Å². The molecule has 0 heterocycles. The molecule has 0 aliphatic heterocycles. The normalized spacial score (nSPS) is 17.6. The highest BCUT2D eigenvalue weighted by molar-refractivity contribution is 5.78. The molecule has 3 rings (SSSR count). The van der Waals surface area contributed by atoms with Crippen LogP contribution in [0.15, 0.2) is 24.3 Å². The highest BCUT2D eigenvalue weighted by Gasteiger charge is 2.42. The van der Waals surface area contributed by atoms with E-state index in [0.717, 1.165) is 5.75 Å².